The summed E-state index contributed by atoms with van der Waals surface area (Å²) in [6.45, 7) is 4.40. The van der Waals surface area contributed by atoms with Crippen LogP contribution in [-0.4, -0.2) is 34.5 Å². The second-order valence-electron chi connectivity index (χ2n) is 4.83. The molecular formula is C12H21NO3S. The number of amides is 1. The molecule has 0 aromatic heterocycles. The first-order chi connectivity index (χ1) is 8.00. The molecule has 2 N–H and O–H groups in total. The van der Waals surface area contributed by atoms with E-state index in [2.05, 4.69) is 19.2 Å². The molecule has 1 fully saturated rings. The minimum atomic E-state index is -0.873. The Balaban J connectivity index is 2.27. The van der Waals surface area contributed by atoms with Gasteiger partial charge in [-0.05, 0) is 18.3 Å². The maximum absolute atomic E-state index is 11.6. The molecule has 4 nitrogen and oxygen atoms in total. The molecule has 0 heterocycles. The van der Waals surface area contributed by atoms with Crippen molar-refractivity contribution in [3.8, 4) is 0 Å². The first-order valence-electron chi connectivity index (χ1n) is 6.09. The monoisotopic (exact) mass is 259 g/mol. The minimum absolute atomic E-state index is 0.00988. The van der Waals surface area contributed by atoms with E-state index in [4.69, 9.17) is 5.11 Å². The SMILES string of the molecule is CC1CCCC(NC(=O)CSCC(=O)O)C1C. The summed E-state index contributed by atoms with van der Waals surface area (Å²) in [6.07, 6.45) is 3.45. The van der Waals surface area contributed by atoms with Gasteiger partial charge in [-0.1, -0.05) is 26.7 Å². The minimum Gasteiger partial charge on any atom is -0.481 e. The van der Waals surface area contributed by atoms with Crippen LogP contribution in [0.1, 0.15) is 33.1 Å². The zero-order valence-corrected chi connectivity index (χ0v) is 11.3. The summed E-state index contributed by atoms with van der Waals surface area (Å²) in [4.78, 5) is 21.9. The fourth-order valence-electron chi connectivity index (χ4n) is 2.27. The highest BCUT2D eigenvalue weighted by Crippen LogP contribution is 2.29. The Hall–Kier alpha value is -0.710. The number of hydrogen-bond donors (Lipinski definition) is 2. The Morgan fingerprint density at radius 3 is 2.65 bits per heavy atom. The van der Waals surface area contributed by atoms with Crippen molar-refractivity contribution < 1.29 is 14.7 Å². The Labute approximate surface area is 107 Å². The van der Waals surface area contributed by atoms with Crippen LogP contribution >= 0.6 is 11.8 Å². The summed E-state index contributed by atoms with van der Waals surface area (Å²) in [7, 11) is 0. The van der Waals surface area contributed by atoms with Crippen molar-refractivity contribution in [2.45, 2.75) is 39.2 Å². The zero-order valence-electron chi connectivity index (χ0n) is 10.4. The van der Waals surface area contributed by atoms with E-state index in [0.29, 0.717) is 11.8 Å². The molecule has 1 aliphatic carbocycles. The van der Waals surface area contributed by atoms with Crippen molar-refractivity contribution in [1.82, 2.24) is 5.32 Å². The van der Waals surface area contributed by atoms with E-state index in [1.165, 1.54) is 12.8 Å². The van der Waals surface area contributed by atoms with Gasteiger partial charge in [0.15, 0.2) is 0 Å². The van der Waals surface area contributed by atoms with Gasteiger partial charge in [-0.25, -0.2) is 0 Å². The van der Waals surface area contributed by atoms with Crippen molar-refractivity contribution in [2.75, 3.05) is 11.5 Å². The highest BCUT2D eigenvalue weighted by Gasteiger charge is 2.27. The molecule has 0 aromatic carbocycles. The number of aliphatic carboxylic acids is 1. The zero-order chi connectivity index (χ0) is 12.8. The van der Waals surface area contributed by atoms with Gasteiger partial charge in [-0.15, -0.1) is 11.8 Å². The number of nitrogens with one attached hydrogen (secondary N) is 1. The number of thioether (sulfide) groups is 1. The number of rotatable bonds is 5. The van der Waals surface area contributed by atoms with Gasteiger partial charge in [0.2, 0.25) is 5.91 Å². The Kier molecular flexibility index (Phi) is 5.82. The van der Waals surface area contributed by atoms with Crippen LogP contribution in [0.3, 0.4) is 0 Å². The van der Waals surface area contributed by atoms with Crippen LogP contribution in [0.15, 0.2) is 0 Å². The normalized spacial score (nSPS) is 28.7. The van der Waals surface area contributed by atoms with Gasteiger partial charge in [0, 0.05) is 6.04 Å². The van der Waals surface area contributed by atoms with Gasteiger partial charge in [-0.3, -0.25) is 9.59 Å². The number of carbonyl (C=O) groups is 2. The topological polar surface area (TPSA) is 66.4 Å². The average Bonchev–Trinajstić information content (AvgIpc) is 2.24. The summed E-state index contributed by atoms with van der Waals surface area (Å²) >= 11 is 1.15. The molecule has 1 saturated carbocycles. The molecule has 0 bridgehead atoms. The smallest absolute Gasteiger partial charge is 0.313 e. The number of carboxylic acids is 1. The molecule has 3 unspecified atom stereocenters. The molecule has 98 valence electrons. The first-order valence-corrected chi connectivity index (χ1v) is 7.25. The highest BCUT2D eigenvalue weighted by atomic mass is 32.2. The molecule has 0 radical (unpaired) electrons. The predicted octanol–water partition coefficient (Wildman–Crippen LogP) is 1.75. The van der Waals surface area contributed by atoms with Crippen molar-refractivity contribution in [3.05, 3.63) is 0 Å². The molecule has 17 heavy (non-hydrogen) atoms. The maximum atomic E-state index is 11.6. The average molecular weight is 259 g/mol. The number of carbonyl (C=O) groups excluding carboxylic acids is 1. The van der Waals surface area contributed by atoms with E-state index in [1.54, 1.807) is 0 Å². The van der Waals surface area contributed by atoms with Gasteiger partial charge in [0.1, 0.15) is 0 Å². The lowest BCUT2D eigenvalue weighted by atomic mass is 9.78. The Morgan fingerprint density at radius 2 is 2.00 bits per heavy atom. The standard InChI is InChI=1S/C12H21NO3S/c1-8-4-3-5-10(9(8)2)13-11(14)6-17-7-12(15)16/h8-10H,3-7H2,1-2H3,(H,13,14)(H,15,16). The van der Waals surface area contributed by atoms with Gasteiger partial charge in [0.05, 0.1) is 11.5 Å². The summed E-state index contributed by atoms with van der Waals surface area (Å²) in [6, 6.07) is 0.261. The third-order valence-electron chi connectivity index (χ3n) is 3.51. The lowest BCUT2D eigenvalue weighted by Gasteiger charge is -2.34. The van der Waals surface area contributed by atoms with E-state index in [9.17, 15) is 9.59 Å². The number of carboxylic acid groups (broad SMARTS) is 1. The molecule has 0 aliphatic heterocycles. The third kappa shape index (κ3) is 4.98. The van der Waals surface area contributed by atoms with Crippen molar-refractivity contribution in [2.24, 2.45) is 11.8 Å². The van der Waals surface area contributed by atoms with Crippen LogP contribution in [0.2, 0.25) is 0 Å². The van der Waals surface area contributed by atoms with E-state index in [1.807, 2.05) is 0 Å². The Bertz CT molecular complexity index is 283. The van der Waals surface area contributed by atoms with Crippen LogP contribution in [0, 0.1) is 11.8 Å². The molecule has 0 saturated heterocycles. The van der Waals surface area contributed by atoms with Gasteiger partial charge in [-0.2, -0.15) is 0 Å². The lowest BCUT2D eigenvalue weighted by molar-refractivity contribution is -0.133. The second-order valence-corrected chi connectivity index (χ2v) is 5.81. The molecule has 5 heteroatoms. The first kappa shape index (κ1) is 14.4. The van der Waals surface area contributed by atoms with Crippen molar-refractivity contribution in [1.29, 1.82) is 0 Å². The molecule has 1 aliphatic rings. The Morgan fingerprint density at radius 1 is 1.29 bits per heavy atom. The maximum Gasteiger partial charge on any atom is 0.313 e. The van der Waals surface area contributed by atoms with Crippen LogP contribution in [0.5, 0.6) is 0 Å². The second kappa shape index (κ2) is 6.89. The van der Waals surface area contributed by atoms with Crippen LogP contribution in [-0.2, 0) is 9.59 Å². The summed E-state index contributed by atoms with van der Waals surface area (Å²) < 4.78 is 0. The van der Waals surface area contributed by atoms with Crippen molar-refractivity contribution >= 4 is 23.6 Å². The third-order valence-corrected chi connectivity index (χ3v) is 4.43. The molecule has 1 amide bonds. The fraction of sp³-hybridized carbons (Fsp3) is 0.833. The van der Waals surface area contributed by atoms with E-state index >= 15 is 0 Å². The molecule has 1 rings (SSSR count). The van der Waals surface area contributed by atoms with Crippen molar-refractivity contribution in [3.63, 3.8) is 0 Å². The van der Waals surface area contributed by atoms with Gasteiger partial charge >= 0.3 is 5.97 Å². The molecule has 0 spiro atoms. The number of hydrogen-bond acceptors (Lipinski definition) is 3. The lowest BCUT2D eigenvalue weighted by Crippen LogP contribution is -2.44. The quantitative estimate of drug-likeness (QED) is 0.789. The fourth-order valence-corrected chi connectivity index (χ4v) is 2.81. The largest absolute Gasteiger partial charge is 0.481 e. The highest BCUT2D eigenvalue weighted by molar-refractivity contribution is 8.00. The molecule has 3 atom stereocenters. The van der Waals surface area contributed by atoms with Crippen LogP contribution in [0.25, 0.3) is 0 Å². The molecule has 0 aromatic rings. The summed E-state index contributed by atoms with van der Waals surface area (Å²) in [5.74, 6) is 0.482. The van der Waals surface area contributed by atoms with E-state index < -0.39 is 5.97 Å². The molecular weight excluding hydrogens is 238 g/mol. The van der Waals surface area contributed by atoms with Crippen LogP contribution < -0.4 is 5.32 Å². The van der Waals surface area contributed by atoms with Gasteiger partial charge < -0.3 is 10.4 Å². The van der Waals surface area contributed by atoms with E-state index in [0.717, 1.165) is 18.2 Å². The predicted molar refractivity (Wildman–Crippen MR) is 69.1 cm³/mol. The van der Waals surface area contributed by atoms with Gasteiger partial charge in [0.25, 0.3) is 0 Å². The van der Waals surface area contributed by atoms with Crippen LogP contribution in [0.4, 0.5) is 0 Å². The summed E-state index contributed by atoms with van der Waals surface area (Å²) in [5.41, 5.74) is 0. The van der Waals surface area contributed by atoms with E-state index in [-0.39, 0.29) is 23.5 Å². The summed E-state index contributed by atoms with van der Waals surface area (Å²) in [5, 5.41) is 11.5.